The lowest BCUT2D eigenvalue weighted by molar-refractivity contribution is -0.390. The first-order valence-electron chi connectivity index (χ1n) is 10.3. The third-order valence-corrected chi connectivity index (χ3v) is 5.67. The number of alkyl halides is 14. The minimum absolute atomic E-state index is 0.475. The topological polar surface area (TPSA) is 9.23 Å². The Morgan fingerprint density at radius 1 is 0.622 bits per heavy atom. The van der Waals surface area contributed by atoms with Gasteiger partial charge in [0.2, 0.25) is 0 Å². The molecule has 37 heavy (non-hydrogen) atoms. The minimum Gasteiger partial charge on any atom is -0.295 e. The highest BCUT2D eigenvalue weighted by Crippen LogP contribution is 2.62. The van der Waals surface area contributed by atoms with Crippen LogP contribution < -0.4 is 0 Å². The quantitative estimate of drug-likeness (QED) is 0.234. The molecule has 0 saturated heterocycles. The molecule has 2 aliphatic carbocycles. The second-order valence-electron chi connectivity index (χ2n) is 9.18. The van der Waals surface area contributed by atoms with Crippen molar-refractivity contribution in [3.8, 4) is 0 Å². The van der Waals surface area contributed by atoms with Gasteiger partial charge in [-0.1, -0.05) is 11.1 Å². The molecular weight excluding hydrogens is 546 g/mol. The number of allylic oxidation sites excluding steroid dienone is 4. The lowest BCUT2D eigenvalue weighted by Gasteiger charge is -2.50. The summed E-state index contributed by atoms with van der Waals surface area (Å²) in [5.41, 5.74) is -12.6. The normalized spacial score (nSPS) is 36.7. The first-order chi connectivity index (χ1) is 16.3. The molecule has 0 fully saturated rings. The number of halogens is 14. The van der Waals surface area contributed by atoms with E-state index in [-0.39, 0.29) is 0 Å². The summed E-state index contributed by atoms with van der Waals surface area (Å²) >= 11 is 0. The Morgan fingerprint density at radius 3 is 1.14 bits per heavy atom. The Kier molecular flexibility index (Phi) is 7.35. The molecule has 0 N–H and O–H groups in total. The standard InChI is InChI=1S/C22H20F14O/c1-11(2)9-17(27,15(25)7-5-13(23)19(29,30)21(15,33)34)37-18(28,10-12(3)4)16(26)8-6-14(24)20(31,32)22(16,35)36/h5-10,13-14H,1-4H3. The van der Waals surface area contributed by atoms with E-state index in [1.54, 1.807) is 0 Å². The van der Waals surface area contributed by atoms with Crippen molar-refractivity contribution in [3.05, 3.63) is 47.6 Å². The van der Waals surface area contributed by atoms with Crippen LogP contribution in [0.4, 0.5) is 61.5 Å². The van der Waals surface area contributed by atoms with Crippen molar-refractivity contribution < 1.29 is 66.2 Å². The van der Waals surface area contributed by atoms with Crippen LogP contribution in [0.25, 0.3) is 0 Å². The van der Waals surface area contributed by atoms with Gasteiger partial charge in [0, 0.05) is 0 Å². The third kappa shape index (κ3) is 4.10. The monoisotopic (exact) mass is 566 g/mol. The van der Waals surface area contributed by atoms with Crippen molar-refractivity contribution in [3.63, 3.8) is 0 Å². The molecule has 0 amide bonds. The van der Waals surface area contributed by atoms with Crippen molar-refractivity contribution in [2.45, 2.75) is 86.8 Å². The van der Waals surface area contributed by atoms with Gasteiger partial charge in [-0.25, -0.2) is 26.3 Å². The summed E-state index contributed by atoms with van der Waals surface area (Å²) in [6.45, 7) is 3.07. The zero-order valence-corrected chi connectivity index (χ0v) is 19.3. The Bertz CT molecular complexity index is 944. The van der Waals surface area contributed by atoms with Crippen molar-refractivity contribution in [1.82, 2.24) is 0 Å². The molecule has 15 heteroatoms. The SMILES string of the molecule is CC(C)=CC(F)(OC(F)(C=C(C)C)C1(F)C=CC(F)C(F)(F)C1(F)F)C1(F)C=CC(F)C(F)(F)C1(F)F. The highest BCUT2D eigenvalue weighted by Gasteiger charge is 2.85. The molecule has 0 radical (unpaired) electrons. The van der Waals surface area contributed by atoms with Crippen molar-refractivity contribution in [2.24, 2.45) is 0 Å². The van der Waals surface area contributed by atoms with E-state index in [1.165, 1.54) is 0 Å². The first kappa shape index (κ1) is 31.2. The number of hydrogen-bond donors (Lipinski definition) is 0. The summed E-state index contributed by atoms with van der Waals surface area (Å²) < 4.78 is 209. The first-order valence-corrected chi connectivity index (χ1v) is 10.3. The lowest BCUT2D eigenvalue weighted by Crippen LogP contribution is -2.74. The van der Waals surface area contributed by atoms with Crippen LogP contribution in [0.3, 0.4) is 0 Å². The van der Waals surface area contributed by atoms with Gasteiger partial charge in [-0.15, -0.1) is 0 Å². The molecule has 0 saturated carbocycles. The summed E-state index contributed by atoms with van der Waals surface area (Å²) in [4.78, 5) is 0. The molecule has 0 spiro atoms. The van der Waals surface area contributed by atoms with E-state index in [0.717, 1.165) is 27.7 Å². The fraction of sp³-hybridized carbons (Fsp3) is 0.636. The van der Waals surface area contributed by atoms with Gasteiger partial charge in [-0.05, 0) is 64.2 Å². The molecule has 0 aliphatic heterocycles. The molecule has 0 aromatic carbocycles. The van der Waals surface area contributed by atoms with Gasteiger partial charge < -0.3 is 0 Å². The van der Waals surface area contributed by atoms with E-state index in [9.17, 15) is 43.9 Å². The predicted molar refractivity (Wildman–Crippen MR) is 103 cm³/mol. The molecule has 2 rings (SSSR count). The average Bonchev–Trinajstić information content (AvgIpc) is 2.70. The van der Waals surface area contributed by atoms with E-state index in [0.29, 0.717) is 0 Å². The second kappa shape index (κ2) is 8.73. The van der Waals surface area contributed by atoms with E-state index < -0.39 is 107 Å². The molecule has 0 bridgehead atoms. The molecular formula is C22H20F14O. The Balaban J connectivity index is 2.94. The van der Waals surface area contributed by atoms with Crippen LogP contribution in [0.1, 0.15) is 27.7 Å². The third-order valence-electron chi connectivity index (χ3n) is 5.67. The zero-order valence-electron chi connectivity index (χ0n) is 19.3. The average molecular weight is 566 g/mol. The molecule has 2 aliphatic rings. The van der Waals surface area contributed by atoms with Crippen molar-refractivity contribution in [2.75, 3.05) is 0 Å². The predicted octanol–water partition coefficient (Wildman–Crippen LogP) is 8.04. The van der Waals surface area contributed by atoms with Crippen molar-refractivity contribution in [1.29, 1.82) is 0 Å². The Labute approximate surface area is 201 Å². The summed E-state index contributed by atoms with van der Waals surface area (Å²) in [6, 6.07) is 0. The van der Waals surface area contributed by atoms with Gasteiger partial charge in [0.1, 0.15) is 0 Å². The largest absolute Gasteiger partial charge is 0.356 e. The van der Waals surface area contributed by atoms with Crippen LogP contribution in [0, 0.1) is 0 Å². The molecule has 6 atom stereocenters. The molecule has 0 aromatic heterocycles. The highest BCUT2D eigenvalue weighted by atomic mass is 19.3. The van der Waals surface area contributed by atoms with Crippen LogP contribution >= 0.6 is 0 Å². The van der Waals surface area contributed by atoms with Gasteiger partial charge in [0.05, 0.1) is 0 Å². The Hall–Kier alpha value is -2.06. The van der Waals surface area contributed by atoms with E-state index >= 15 is 17.6 Å². The molecule has 0 heterocycles. The number of rotatable bonds is 6. The van der Waals surface area contributed by atoms with E-state index in [1.807, 2.05) is 0 Å². The maximum absolute atomic E-state index is 16.0. The minimum atomic E-state index is -6.46. The van der Waals surface area contributed by atoms with Crippen LogP contribution in [-0.2, 0) is 4.74 Å². The lowest BCUT2D eigenvalue weighted by atomic mass is 9.76. The molecule has 212 valence electrons. The van der Waals surface area contributed by atoms with Crippen LogP contribution in [-0.4, -0.2) is 59.1 Å². The van der Waals surface area contributed by atoms with Crippen molar-refractivity contribution >= 4 is 0 Å². The fourth-order valence-corrected chi connectivity index (χ4v) is 3.75. The van der Waals surface area contributed by atoms with Crippen LogP contribution in [0.2, 0.25) is 0 Å². The number of hydrogen-bond acceptors (Lipinski definition) is 1. The van der Waals surface area contributed by atoms with Gasteiger partial charge in [-0.3, -0.25) is 4.74 Å². The summed E-state index contributed by atoms with van der Waals surface area (Å²) in [5.74, 6) is -35.8. The highest BCUT2D eigenvalue weighted by molar-refractivity contribution is 5.35. The molecule has 1 nitrogen and oxygen atoms in total. The zero-order chi connectivity index (χ0) is 29.3. The van der Waals surface area contributed by atoms with Gasteiger partial charge >= 0.3 is 23.7 Å². The second-order valence-corrected chi connectivity index (χ2v) is 9.18. The van der Waals surface area contributed by atoms with Gasteiger partial charge in [-0.2, -0.15) is 35.1 Å². The fourth-order valence-electron chi connectivity index (χ4n) is 3.75. The molecule has 0 aromatic rings. The van der Waals surface area contributed by atoms with Crippen LogP contribution in [0.5, 0.6) is 0 Å². The maximum Gasteiger partial charge on any atom is 0.356 e. The van der Waals surface area contributed by atoms with Crippen LogP contribution in [0.15, 0.2) is 47.6 Å². The summed E-state index contributed by atoms with van der Waals surface area (Å²) in [7, 11) is 0. The molecule has 6 unspecified atom stereocenters. The van der Waals surface area contributed by atoms with E-state index in [2.05, 4.69) is 4.74 Å². The summed E-state index contributed by atoms with van der Waals surface area (Å²) in [6.07, 6.45) is -11.7. The number of ether oxygens (including phenoxy) is 1. The summed E-state index contributed by atoms with van der Waals surface area (Å²) in [5, 5.41) is 0. The van der Waals surface area contributed by atoms with Gasteiger partial charge in [0.15, 0.2) is 12.3 Å². The Morgan fingerprint density at radius 2 is 0.892 bits per heavy atom. The smallest absolute Gasteiger partial charge is 0.295 e. The van der Waals surface area contributed by atoms with E-state index in [4.69, 9.17) is 0 Å². The van der Waals surface area contributed by atoms with Gasteiger partial charge in [0.25, 0.3) is 23.0 Å². The maximum atomic E-state index is 16.0.